The van der Waals surface area contributed by atoms with Crippen LogP contribution in [0.1, 0.15) is 38.3 Å². The van der Waals surface area contributed by atoms with Gasteiger partial charge in [-0.15, -0.1) is 0 Å². The summed E-state index contributed by atoms with van der Waals surface area (Å²) in [5, 5.41) is 7.99. The van der Waals surface area contributed by atoms with E-state index in [1.165, 1.54) is 25.7 Å². The molecule has 1 aliphatic carbocycles. The predicted octanol–water partition coefficient (Wildman–Crippen LogP) is 2.08. The fourth-order valence-electron chi connectivity index (χ4n) is 2.03. The monoisotopic (exact) mass is 325 g/mol. The molecule has 1 radical (unpaired) electrons. The van der Waals surface area contributed by atoms with Crippen molar-refractivity contribution in [2.24, 2.45) is 5.10 Å². The molecule has 4 nitrogen and oxygen atoms in total. The van der Waals surface area contributed by atoms with E-state index in [9.17, 15) is 0 Å². The predicted molar refractivity (Wildman–Crippen MR) is 79.0 cm³/mol. The Balaban J connectivity index is 0.00000180. The summed E-state index contributed by atoms with van der Waals surface area (Å²) in [6.07, 6.45) is 6.71. The summed E-state index contributed by atoms with van der Waals surface area (Å²) in [4.78, 5) is 4.21. The van der Waals surface area contributed by atoms with Crippen LogP contribution in [-0.4, -0.2) is 21.8 Å². The Hall–Kier alpha value is -0.811. The van der Waals surface area contributed by atoms with Crippen molar-refractivity contribution >= 4 is 23.0 Å². The number of nitrogens with zero attached hydrogens (tertiary/aromatic N) is 3. The topological polar surface area (TPSA) is 51.4 Å². The van der Waals surface area contributed by atoms with E-state index in [4.69, 9.17) is 0 Å². The molecular weight excluding hydrogens is 308 g/mol. The van der Waals surface area contributed by atoms with Crippen LogP contribution in [0.4, 0.5) is 0 Å². The van der Waals surface area contributed by atoms with Gasteiger partial charge in [0.1, 0.15) is 0 Å². The van der Waals surface area contributed by atoms with Gasteiger partial charge in [-0.1, -0.05) is 18.9 Å². The minimum absolute atomic E-state index is 0. The molecule has 0 bridgehead atoms. The van der Waals surface area contributed by atoms with E-state index in [0.29, 0.717) is 11.2 Å². The molecule has 6 heteroatoms. The zero-order valence-electron chi connectivity index (χ0n) is 10.8. The average molecular weight is 326 g/mol. The second-order valence-electron chi connectivity index (χ2n) is 4.45. The molecule has 1 heterocycles. The van der Waals surface area contributed by atoms with Gasteiger partial charge >= 0.3 is 17.1 Å². The van der Waals surface area contributed by atoms with Crippen molar-refractivity contribution in [2.75, 3.05) is 0 Å². The van der Waals surface area contributed by atoms with Crippen LogP contribution in [0.2, 0.25) is 0 Å². The van der Waals surface area contributed by atoms with Crippen molar-refractivity contribution < 1.29 is 17.1 Å². The van der Waals surface area contributed by atoms with Crippen LogP contribution in [0.25, 0.3) is 5.43 Å². The van der Waals surface area contributed by atoms with Crippen LogP contribution in [-0.2, 0) is 29.3 Å². The molecule has 1 aromatic rings. The number of rotatable bonds is 3. The summed E-state index contributed by atoms with van der Waals surface area (Å²) in [7, 11) is 0. The minimum atomic E-state index is 0. The smallest absolute Gasteiger partial charge is 0.515 e. The maximum absolute atomic E-state index is 4.30. The summed E-state index contributed by atoms with van der Waals surface area (Å²) in [5.74, 6) is 0. The van der Waals surface area contributed by atoms with Crippen molar-refractivity contribution in [3.63, 3.8) is 0 Å². The Labute approximate surface area is 129 Å². The molecule has 1 aromatic heterocycles. The van der Waals surface area contributed by atoms with E-state index < -0.39 is 0 Å². The van der Waals surface area contributed by atoms with Gasteiger partial charge in [0.2, 0.25) is 0 Å². The van der Waals surface area contributed by atoms with Gasteiger partial charge in [0, 0.05) is 18.0 Å². The van der Waals surface area contributed by atoms with Crippen molar-refractivity contribution in [2.45, 2.75) is 38.6 Å². The maximum atomic E-state index is 4.30. The molecule has 0 atom stereocenters. The SMILES string of the molecule is CC(=N[N-]C(=[SH+])NC1CCCC1)c1ccccn1.[Cu+2]. The molecule has 2 rings (SSSR count). The van der Waals surface area contributed by atoms with Gasteiger partial charge in [-0.2, -0.15) is 0 Å². The Morgan fingerprint density at radius 2 is 2.16 bits per heavy atom. The third kappa shape index (κ3) is 5.36. The zero-order valence-corrected chi connectivity index (χ0v) is 12.6. The summed E-state index contributed by atoms with van der Waals surface area (Å²) in [6, 6.07) is 6.23. The van der Waals surface area contributed by atoms with Gasteiger partial charge in [0.25, 0.3) is 0 Å². The molecule has 19 heavy (non-hydrogen) atoms. The van der Waals surface area contributed by atoms with Crippen LogP contribution in [0.3, 0.4) is 0 Å². The largest absolute Gasteiger partial charge is 2.00 e. The van der Waals surface area contributed by atoms with E-state index in [0.717, 1.165) is 11.4 Å². The minimum Gasteiger partial charge on any atom is -0.515 e. The molecule has 105 valence electrons. The average Bonchev–Trinajstić information content (AvgIpc) is 2.90. The molecule has 1 N–H and O–H groups in total. The van der Waals surface area contributed by atoms with Crippen LogP contribution < -0.4 is 5.32 Å². The Bertz CT molecular complexity index is 430. The Morgan fingerprint density at radius 3 is 2.79 bits per heavy atom. The number of pyridine rings is 1. The first-order valence-corrected chi connectivity index (χ1v) is 6.69. The van der Waals surface area contributed by atoms with Crippen LogP contribution in [0, 0.1) is 0 Å². The standard InChI is InChI=1S/C13H18N4S.Cu/c1-10(12-8-4-5-9-14-12)16-17-13(18)15-11-6-2-3-7-11;/h4-5,8-9,11H,2-3,6-7H2,1H3,(H2,14,15,17,18);/q;+2. The van der Waals surface area contributed by atoms with E-state index in [1.54, 1.807) is 6.20 Å². The van der Waals surface area contributed by atoms with Crippen molar-refractivity contribution in [1.82, 2.24) is 10.3 Å². The maximum Gasteiger partial charge on any atom is 2.00 e. The second kappa shape index (κ2) is 8.38. The number of thiol groups is 1. The van der Waals surface area contributed by atoms with Crippen molar-refractivity contribution in [3.05, 3.63) is 35.5 Å². The van der Waals surface area contributed by atoms with E-state index in [1.807, 2.05) is 25.1 Å². The normalized spacial score (nSPS) is 15.9. The first-order chi connectivity index (χ1) is 8.75. The summed E-state index contributed by atoms with van der Waals surface area (Å²) in [6.45, 7) is 1.89. The van der Waals surface area contributed by atoms with E-state index >= 15 is 0 Å². The van der Waals surface area contributed by atoms with Crippen LogP contribution in [0.5, 0.6) is 0 Å². The molecule has 1 aliphatic rings. The molecule has 0 aromatic carbocycles. The third-order valence-electron chi connectivity index (χ3n) is 3.02. The second-order valence-corrected chi connectivity index (χ2v) is 4.87. The van der Waals surface area contributed by atoms with Crippen LogP contribution >= 0.6 is 0 Å². The van der Waals surface area contributed by atoms with Crippen molar-refractivity contribution in [1.29, 1.82) is 0 Å². The molecule has 0 spiro atoms. The molecular formula is C13H18CuN4S+2. The first kappa shape index (κ1) is 16.2. The van der Waals surface area contributed by atoms with E-state index in [2.05, 4.69) is 33.0 Å². The fraction of sp³-hybridized carbons (Fsp3) is 0.462. The van der Waals surface area contributed by atoms with E-state index in [-0.39, 0.29) is 17.1 Å². The summed E-state index contributed by atoms with van der Waals surface area (Å²) in [5.41, 5.74) is 5.71. The van der Waals surface area contributed by atoms with Crippen LogP contribution in [0.15, 0.2) is 29.5 Å². The van der Waals surface area contributed by atoms with Gasteiger partial charge in [-0.25, -0.2) is 0 Å². The van der Waals surface area contributed by atoms with Gasteiger partial charge in [0.15, 0.2) is 17.3 Å². The van der Waals surface area contributed by atoms with Gasteiger partial charge in [-0.05, 0) is 31.9 Å². The molecule has 0 saturated heterocycles. The zero-order chi connectivity index (χ0) is 12.8. The molecule has 0 amide bonds. The Morgan fingerprint density at radius 1 is 1.42 bits per heavy atom. The number of hydrogen-bond donors (Lipinski definition) is 1. The number of nitrogens with one attached hydrogen (secondary N) is 1. The number of hydrogen-bond acceptors (Lipinski definition) is 2. The summed E-state index contributed by atoms with van der Waals surface area (Å²) >= 11 is 4.30. The molecule has 1 saturated carbocycles. The Kier molecular flexibility index (Phi) is 7.16. The molecule has 0 unspecified atom stereocenters. The van der Waals surface area contributed by atoms with Gasteiger partial charge < -0.3 is 10.5 Å². The van der Waals surface area contributed by atoms with Gasteiger partial charge in [0.05, 0.1) is 5.69 Å². The molecule has 0 aliphatic heterocycles. The third-order valence-corrected chi connectivity index (χ3v) is 3.24. The summed E-state index contributed by atoms with van der Waals surface area (Å²) < 4.78 is 0. The van der Waals surface area contributed by atoms with Crippen molar-refractivity contribution in [3.8, 4) is 0 Å². The first-order valence-electron chi connectivity index (χ1n) is 6.25. The number of aromatic nitrogens is 1. The molecule has 1 fully saturated rings. The van der Waals surface area contributed by atoms with Gasteiger partial charge in [-0.3, -0.25) is 10.3 Å². The quantitative estimate of drug-likeness (QED) is 0.231. The fourth-order valence-corrected chi connectivity index (χ4v) is 2.26.